The second-order valence-corrected chi connectivity index (χ2v) is 6.79. The average molecular weight is 304 g/mol. The van der Waals surface area contributed by atoms with Crippen LogP contribution in [-0.4, -0.2) is 23.4 Å². The summed E-state index contributed by atoms with van der Waals surface area (Å²) >= 11 is 0. The Hall–Kier alpha value is -1.84. The second kappa shape index (κ2) is 8.57. The highest BCUT2D eigenvalue weighted by Gasteiger charge is 2.15. The van der Waals surface area contributed by atoms with Crippen LogP contribution in [0.15, 0.2) is 30.3 Å². The summed E-state index contributed by atoms with van der Waals surface area (Å²) in [7, 11) is 0. The smallest absolute Gasteiger partial charge is 0.220 e. The van der Waals surface area contributed by atoms with Crippen LogP contribution in [0, 0.1) is 0 Å². The lowest BCUT2D eigenvalue weighted by molar-refractivity contribution is -0.124. The van der Waals surface area contributed by atoms with E-state index in [1.54, 1.807) is 0 Å². The third kappa shape index (κ3) is 8.45. The molecule has 0 bridgehead atoms. The summed E-state index contributed by atoms with van der Waals surface area (Å²) in [5.41, 5.74) is 0.953. The highest BCUT2D eigenvalue weighted by molar-refractivity contribution is 5.77. The largest absolute Gasteiger partial charge is 0.354 e. The number of amides is 2. The lowest BCUT2D eigenvalue weighted by atomic mass is 10.1. The predicted octanol–water partition coefficient (Wildman–Crippen LogP) is 2.82. The molecule has 0 heterocycles. The van der Waals surface area contributed by atoms with Gasteiger partial charge in [0.15, 0.2) is 0 Å². The van der Waals surface area contributed by atoms with Crippen molar-refractivity contribution in [1.82, 2.24) is 10.6 Å². The molecule has 1 rings (SSSR count). The first-order valence-corrected chi connectivity index (χ1v) is 7.90. The Morgan fingerprint density at radius 2 is 1.68 bits per heavy atom. The lowest BCUT2D eigenvalue weighted by Crippen LogP contribution is -2.41. The molecule has 4 heteroatoms. The van der Waals surface area contributed by atoms with Crippen LogP contribution in [-0.2, 0) is 16.0 Å². The third-order valence-electron chi connectivity index (χ3n) is 3.21. The molecule has 0 saturated carbocycles. The van der Waals surface area contributed by atoms with Gasteiger partial charge in [-0.25, -0.2) is 0 Å². The fraction of sp³-hybridized carbons (Fsp3) is 0.556. The molecular weight excluding hydrogens is 276 g/mol. The summed E-state index contributed by atoms with van der Waals surface area (Å²) in [5, 5.41) is 5.87. The highest BCUT2D eigenvalue weighted by Crippen LogP contribution is 2.05. The molecule has 122 valence electrons. The SMILES string of the molecule is CC(CCC(=O)NC(C)(C)C)NC(=O)CCc1ccccc1. The average Bonchev–Trinajstić information content (AvgIpc) is 2.42. The van der Waals surface area contributed by atoms with Crippen LogP contribution in [0.5, 0.6) is 0 Å². The maximum absolute atomic E-state index is 11.9. The summed E-state index contributed by atoms with van der Waals surface area (Å²) < 4.78 is 0. The summed E-state index contributed by atoms with van der Waals surface area (Å²) in [4.78, 5) is 23.6. The van der Waals surface area contributed by atoms with E-state index in [0.717, 1.165) is 12.0 Å². The summed E-state index contributed by atoms with van der Waals surface area (Å²) in [6, 6.07) is 9.97. The van der Waals surface area contributed by atoms with Crippen molar-refractivity contribution < 1.29 is 9.59 Å². The summed E-state index contributed by atoms with van der Waals surface area (Å²) in [6.07, 6.45) is 2.29. The molecule has 1 aromatic rings. The molecule has 0 aliphatic rings. The first-order valence-electron chi connectivity index (χ1n) is 7.90. The molecule has 0 fully saturated rings. The van der Waals surface area contributed by atoms with Gasteiger partial charge in [-0.1, -0.05) is 30.3 Å². The number of benzene rings is 1. The van der Waals surface area contributed by atoms with Gasteiger partial charge >= 0.3 is 0 Å². The summed E-state index contributed by atoms with van der Waals surface area (Å²) in [5.74, 6) is 0.0606. The molecule has 0 spiro atoms. The molecule has 0 radical (unpaired) electrons. The first kappa shape index (κ1) is 18.2. The van der Waals surface area contributed by atoms with Crippen molar-refractivity contribution in [3.8, 4) is 0 Å². The van der Waals surface area contributed by atoms with Crippen molar-refractivity contribution in [3.05, 3.63) is 35.9 Å². The Kier molecular flexibility index (Phi) is 7.09. The molecule has 0 aromatic heterocycles. The maximum atomic E-state index is 11.9. The Labute approximate surface area is 133 Å². The van der Waals surface area contributed by atoms with E-state index in [9.17, 15) is 9.59 Å². The molecule has 2 N–H and O–H groups in total. The van der Waals surface area contributed by atoms with E-state index in [2.05, 4.69) is 10.6 Å². The minimum atomic E-state index is -0.209. The molecule has 1 aromatic carbocycles. The van der Waals surface area contributed by atoms with Gasteiger partial charge < -0.3 is 10.6 Å². The quantitative estimate of drug-likeness (QED) is 0.814. The normalized spacial score (nSPS) is 12.5. The fourth-order valence-electron chi connectivity index (χ4n) is 2.15. The van der Waals surface area contributed by atoms with Gasteiger partial charge in [0.05, 0.1) is 0 Å². The van der Waals surface area contributed by atoms with Gasteiger partial charge in [-0.05, 0) is 46.1 Å². The van der Waals surface area contributed by atoms with E-state index < -0.39 is 0 Å². The van der Waals surface area contributed by atoms with E-state index in [1.165, 1.54) is 0 Å². The zero-order valence-electron chi connectivity index (χ0n) is 14.1. The Bertz CT molecular complexity index is 478. The molecule has 0 aliphatic carbocycles. The van der Waals surface area contributed by atoms with Crippen LogP contribution in [0.4, 0.5) is 0 Å². The van der Waals surface area contributed by atoms with Gasteiger partial charge in [0.1, 0.15) is 0 Å². The Morgan fingerprint density at radius 3 is 2.27 bits per heavy atom. The second-order valence-electron chi connectivity index (χ2n) is 6.79. The zero-order chi connectivity index (χ0) is 16.6. The van der Waals surface area contributed by atoms with Crippen LogP contribution >= 0.6 is 0 Å². The minimum absolute atomic E-state index is 0.00833. The number of aryl methyl sites for hydroxylation is 1. The molecular formula is C18H28N2O2. The number of rotatable bonds is 7. The van der Waals surface area contributed by atoms with Crippen LogP contribution in [0.1, 0.15) is 52.5 Å². The molecule has 4 nitrogen and oxygen atoms in total. The fourth-order valence-corrected chi connectivity index (χ4v) is 2.15. The lowest BCUT2D eigenvalue weighted by Gasteiger charge is -2.21. The van der Waals surface area contributed by atoms with Gasteiger partial charge in [0.25, 0.3) is 0 Å². The van der Waals surface area contributed by atoms with E-state index in [0.29, 0.717) is 19.3 Å². The number of hydrogen-bond donors (Lipinski definition) is 2. The van der Waals surface area contributed by atoms with Crippen molar-refractivity contribution in [1.29, 1.82) is 0 Å². The van der Waals surface area contributed by atoms with Crippen molar-refractivity contribution >= 4 is 11.8 Å². The van der Waals surface area contributed by atoms with Crippen molar-refractivity contribution in [3.63, 3.8) is 0 Å². The third-order valence-corrected chi connectivity index (χ3v) is 3.21. The minimum Gasteiger partial charge on any atom is -0.354 e. The number of carbonyl (C=O) groups excluding carboxylic acids is 2. The monoisotopic (exact) mass is 304 g/mol. The molecule has 1 unspecified atom stereocenters. The number of nitrogens with one attached hydrogen (secondary N) is 2. The maximum Gasteiger partial charge on any atom is 0.220 e. The number of hydrogen-bond acceptors (Lipinski definition) is 2. The van der Waals surface area contributed by atoms with Crippen molar-refractivity contribution in [2.45, 2.75) is 65.0 Å². The van der Waals surface area contributed by atoms with Crippen LogP contribution in [0.2, 0.25) is 0 Å². The standard InChI is InChI=1S/C18H28N2O2/c1-14(10-12-17(22)20-18(2,3)4)19-16(21)13-11-15-8-6-5-7-9-15/h5-9,14H,10-13H2,1-4H3,(H,19,21)(H,20,22). The van der Waals surface area contributed by atoms with Gasteiger partial charge in [-0.2, -0.15) is 0 Å². The molecule has 0 aliphatic heterocycles. The van der Waals surface area contributed by atoms with Crippen LogP contribution in [0.3, 0.4) is 0 Å². The van der Waals surface area contributed by atoms with Gasteiger partial charge in [-0.3, -0.25) is 9.59 Å². The van der Waals surface area contributed by atoms with Crippen LogP contribution < -0.4 is 10.6 Å². The van der Waals surface area contributed by atoms with E-state index >= 15 is 0 Å². The molecule has 2 amide bonds. The summed E-state index contributed by atoms with van der Waals surface area (Å²) in [6.45, 7) is 7.81. The Balaban J connectivity index is 2.22. The van der Waals surface area contributed by atoms with Crippen molar-refractivity contribution in [2.24, 2.45) is 0 Å². The highest BCUT2D eigenvalue weighted by atomic mass is 16.2. The predicted molar refractivity (Wildman–Crippen MR) is 89.5 cm³/mol. The topological polar surface area (TPSA) is 58.2 Å². The molecule has 1 atom stereocenters. The Morgan fingerprint density at radius 1 is 1.05 bits per heavy atom. The van der Waals surface area contributed by atoms with E-state index in [1.807, 2.05) is 58.0 Å². The molecule has 0 saturated heterocycles. The first-order chi connectivity index (χ1) is 10.3. The van der Waals surface area contributed by atoms with E-state index in [4.69, 9.17) is 0 Å². The van der Waals surface area contributed by atoms with Crippen LogP contribution in [0.25, 0.3) is 0 Å². The number of carbonyl (C=O) groups is 2. The van der Waals surface area contributed by atoms with E-state index in [-0.39, 0.29) is 23.4 Å². The van der Waals surface area contributed by atoms with Crippen molar-refractivity contribution in [2.75, 3.05) is 0 Å². The molecule has 22 heavy (non-hydrogen) atoms. The van der Waals surface area contributed by atoms with Gasteiger partial charge in [0, 0.05) is 24.4 Å². The van der Waals surface area contributed by atoms with Gasteiger partial charge in [-0.15, -0.1) is 0 Å². The zero-order valence-corrected chi connectivity index (χ0v) is 14.1. The van der Waals surface area contributed by atoms with Gasteiger partial charge in [0.2, 0.25) is 11.8 Å².